The summed E-state index contributed by atoms with van der Waals surface area (Å²) < 4.78 is 0. The van der Waals surface area contributed by atoms with Gasteiger partial charge in [0.15, 0.2) is 10.3 Å². The first-order valence-electron chi connectivity index (χ1n) is 5.24. The fourth-order valence-corrected chi connectivity index (χ4v) is 2.15. The van der Waals surface area contributed by atoms with Crippen molar-refractivity contribution in [3.05, 3.63) is 21.9 Å². The second kappa shape index (κ2) is 5.16. The van der Waals surface area contributed by atoms with E-state index in [1.54, 1.807) is 0 Å². The Kier molecular flexibility index (Phi) is 3.81. The number of aromatic nitrogens is 2. The van der Waals surface area contributed by atoms with Crippen molar-refractivity contribution in [1.29, 1.82) is 0 Å². The van der Waals surface area contributed by atoms with Crippen LogP contribution in [0.25, 0.3) is 0 Å². The molecule has 1 aromatic rings. The third-order valence-electron chi connectivity index (χ3n) is 2.69. The minimum atomic E-state index is -0.257. The number of amides is 1. The van der Waals surface area contributed by atoms with Crippen LogP contribution in [-0.2, 0) is 0 Å². The van der Waals surface area contributed by atoms with Crippen molar-refractivity contribution in [2.24, 2.45) is 0 Å². The summed E-state index contributed by atoms with van der Waals surface area (Å²) in [6, 6.07) is 1.57. The Balaban J connectivity index is 2.06. The number of nitrogens with zero attached hydrogens (tertiary/aromatic N) is 3. The molecule has 2 heterocycles. The number of carbonyl (C=O) groups excluding carboxylic acids is 1. The maximum absolute atomic E-state index is 11.9. The zero-order valence-electron chi connectivity index (χ0n) is 9.28. The van der Waals surface area contributed by atoms with E-state index < -0.39 is 0 Å². The quantitative estimate of drug-likeness (QED) is 0.881. The van der Waals surface area contributed by atoms with Gasteiger partial charge in [-0.25, -0.2) is 0 Å². The summed E-state index contributed by atoms with van der Waals surface area (Å²) in [6.45, 7) is 1.82. The van der Waals surface area contributed by atoms with Crippen LogP contribution in [0.2, 0.25) is 10.3 Å². The third kappa shape index (κ3) is 3.06. The second-order valence-electron chi connectivity index (χ2n) is 4.09. The van der Waals surface area contributed by atoms with Gasteiger partial charge in [0.25, 0.3) is 5.91 Å². The summed E-state index contributed by atoms with van der Waals surface area (Å²) in [5.41, 5.74) is 0.265. The highest BCUT2D eigenvalue weighted by Crippen LogP contribution is 2.16. The van der Waals surface area contributed by atoms with Gasteiger partial charge in [0.2, 0.25) is 0 Å². The second-order valence-corrected chi connectivity index (χ2v) is 4.84. The highest BCUT2D eigenvalue weighted by atomic mass is 35.5. The molecule has 1 amide bonds. The van der Waals surface area contributed by atoms with Crippen molar-refractivity contribution in [2.45, 2.75) is 12.5 Å². The van der Waals surface area contributed by atoms with E-state index in [2.05, 4.69) is 20.4 Å². The molecule has 0 aliphatic carbocycles. The molecule has 0 spiro atoms. The fourth-order valence-electron chi connectivity index (χ4n) is 1.83. The van der Waals surface area contributed by atoms with Crippen LogP contribution in [0, 0.1) is 0 Å². The van der Waals surface area contributed by atoms with Crippen LogP contribution in [0.5, 0.6) is 0 Å². The summed E-state index contributed by atoms with van der Waals surface area (Å²) in [4.78, 5) is 14.1. The third-order valence-corrected chi connectivity index (χ3v) is 3.15. The predicted octanol–water partition coefficient (Wildman–Crippen LogP) is 1.22. The SMILES string of the molecule is CN1CCC(NC(=O)c2cc(Cl)nnc2Cl)C1. The molecule has 1 aliphatic heterocycles. The van der Waals surface area contributed by atoms with Crippen LogP contribution in [-0.4, -0.2) is 47.2 Å². The Labute approximate surface area is 109 Å². The number of hydrogen-bond donors (Lipinski definition) is 1. The number of nitrogens with one attached hydrogen (secondary N) is 1. The summed E-state index contributed by atoms with van der Waals surface area (Å²) in [7, 11) is 2.02. The lowest BCUT2D eigenvalue weighted by atomic mass is 10.2. The minimum Gasteiger partial charge on any atom is -0.348 e. The summed E-state index contributed by atoms with van der Waals surface area (Å²) in [5.74, 6) is -0.257. The van der Waals surface area contributed by atoms with Crippen molar-refractivity contribution < 1.29 is 4.79 Å². The number of hydrogen-bond acceptors (Lipinski definition) is 4. The molecule has 1 fully saturated rings. The predicted molar refractivity (Wildman–Crippen MR) is 65.4 cm³/mol. The summed E-state index contributed by atoms with van der Waals surface area (Å²) >= 11 is 11.5. The molecule has 0 radical (unpaired) electrons. The van der Waals surface area contributed by atoms with Crippen molar-refractivity contribution in [3.63, 3.8) is 0 Å². The minimum absolute atomic E-state index is 0.0678. The zero-order valence-corrected chi connectivity index (χ0v) is 10.8. The van der Waals surface area contributed by atoms with E-state index in [9.17, 15) is 4.79 Å². The molecule has 1 N–H and O–H groups in total. The maximum atomic E-state index is 11.9. The molecule has 0 bridgehead atoms. The van der Waals surface area contributed by atoms with Crippen LogP contribution in [0.3, 0.4) is 0 Å². The molecule has 0 saturated carbocycles. The smallest absolute Gasteiger partial charge is 0.254 e. The van der Waals surface area contributed by atoms with E-state index in [0.717, 1.165) is 19.5 Å². The van der Waals surface area contributed by atoms with Gasteiger partial charge in [0.1, 0.15) is 0 Å². The van der Waals surface area contributed by atoms with Crippen LogP contribution in [0.15, 0.2) is 6.07 Å². The number of carbonyl (C=O) groups is 1. The van der Waals surface area contributed by atoms with E-state index in [-0.39, 0.29) is 27.8 Å². The van der Waals surface area contributed by atoms with E-state index in [0.29, 0.717) is 0 Å². The highest BCUT2D eigenvalue weighted by molar-refractivity contribution is 6.34. The van der Waals surface area contributed by atoms with Crippen LogP contribution in [0.1, 0.15) is 16.8 Å². The number of likely N-dealkylation sites (N-methyl/N-ethyl adjacent to an activating group) is 1. The molecule has 1 aromatic heterocycles. The molecule has 1 aliphatic rings. The van der Waals surface area contributed by atoms with Crippen molar-refractivity contribution in [3.8, 4) is 0 Å². The maximum Gasteiger partial charge on any atom is 0.254 e. The van der Waals surface area contributed by atoms with Gasteiger partial charge in [-0.2, -0.15) is 0 Å². The molecule has 0 aromatic carbocycles. The molecular weight excluding hydrogens is 263 g/mol. The van der Waals surface area contributed by atoms with E-state index >= 15 is 0 Å². The lowest BCUT2D eigenvalue weighted by Gasteiger charge is -2.13. The molecule has 2 rings (SSSR count). The summed E-state index contributed by atoms with van der Waals surface area (Å²) in [6.07, 6.45) is 0.937. The van der Waals surface area contributed by atoms with Gasteiger partial charge in [-0.3, -0.25) is 4.79 Å². The lowest BCUT2D eigenvalue weighted by Crippen LogP contribution is -2.36. The van der Waals surface area contributed by atoms with Gasteiger partial charge in [-0.1, -0.05) is 23.2 Å². The standard InChI is InChI=1S/C10H12Cl2N4O/c1-16-3-2-6(5-16)13-10(17)7-4-8(11)14-15-9(7)12/h4,6H,2-3,5H2,1H3,(H,13,17). The Morgan fingerprint density at radius 3 is 2.94 bits per heavy atom. The van der Waals surface area contributed by atoms with Crippen molar-refractivity contribution in [1.82, 2.24) is 20.4 Å². The van der Waals surface area contributed by atoms with E-state index in [1.165, 1.54) is 6.07 Å². The zero-order chi connectivity index (χ0) is 12.4. The van der Waals surface area contributed by atoms with Gasteiger partial charge in [0.05, 0.1) is 5.56 Å². The molecule has 17 heavy (non-hydrogen) atoms. The van der Waals surface area contributed by atoms with Gasteiger partial charge >= 0.3 is 0 Å². The van der Waals surface area contributed by atoms with Gasteiger partial charge < -0.3 is 10.2 Å². The van der Waals surface area contributed by atoms with E-state index in [4.69, 9.17) is 23.2 Å². The number of halogens is 2. The fraction of sp³-hybridized carbons (Fsp3) is 0.500. The Hall–Kier alpha value is -0.910. The Bertz CT molecular complexity index is 440. The topological polar surface area (TPSA) is 58.1 Å². The number of likely N-dealkylation sites (tertiary alicyclic amines) is 1. The Morgan fingerprint density at radius 2 is 2.29 bits per heavy atom. The van der Waals surface area contributed by atoms with Gasteiger partial charge in [-0.05, 0) is 26.1 Å². The highest BCUT2D eigenvalue weighted by Gasteiger charge is 2.23. The Morgan fingerprint density at radius 1 is 1.53 bits per heavy atom. The van der Waals surface area contributed by atoms with Crippen LogP contribution < -0.4 is 5.32 Å². The van der Waals surface area contributed by atoms with Crippen molar-refractivity contribution >= 4 is 29.1 Å². The van der Waals surface area contributed by atoms with Crippen LogP contribution in [0.4, 0.5) is 0 Å². The van der Waals surface area contributed by atoms with Gasteiger partial charge in [-0.15, -0.1) is 10.2 Å². The normalized spacial score (nSPS) is 20.5. The molecule has 7 heteroatoms. The molecule has 5 nitrogen and oxygen atoms in total. The molecule has 1 atom stereocenters. The van der Waals surface area contributed by atoms with Crippen LogP contribution >= 0.6 is 23.2 Å². The average Bonchev–Trinajstić information content (AvgIpc) is 2.67. The van der Waals surface area contributed by atoms with E-state index in [1.807, 2.05) is 7.05 Å². The molecule has 1 saturated heterocycles. The number of rotatable bonds is 2. The first kappa shape index (κ1) is 12.5. The molecular formula is C10H12Cl2N4O. The summed E-state index contributed by atoms with van der Waals surface area (Å²) in [5, 5.41) is 10.3. The monoisotopic (exact) mass is 274 g/mol. The average molecular weight is 275 g/mol. The lowest BCUT2D eigenvalue weighted by molar-refractivity contribution is 0.0938. The molecule has 92 valence electrons. The first-order valence-corrected chi connectivity index (χ1v) is 6.00. The van der Waals surface area contributed by atoms with Crippen molar-refractivity contribution in [2.75, 3.05) is 20.1 Å². The largest absolute Gasteiger partial charge is 0.348 e. The molecule has 1 unspecified atom stereocenters. The van der Waals surface area contributed by atoms with Gasteiger partial charge in [0, 0.05) is 12.6 Å². The first-order chi connectivity index (χ1) is 8.06.